The molecule has 1 heterocycles. The Morgan fingerprint density at radius 1 is 1.06 bits per heavy atom. The zero-order valence-electron chi connectivity index (χ0n) is 19.6. The first-order valence-corrected chi connectivity index (χ1v) is 11.4. The molecule has 0 bridgehead atoms. The summed E-state index contributed by atoms with van der Waals surface area (Å²) in [4.78, 5) is 18.1. The number of nitrogens with one attached hydrogen (secondary N) is 2. The molecule has 0 aliphatic carbocycles. The van der Waals surface area contributed by atoms with Crippen LogP contribution in [0.4, 0.5) is 0 Å². The van der Waals surface area contributed by atoms with E-state index in [4.69, 9.17) is 0 Å². The maximum atomic E-state index is 11.9. The molecule has 0 saturated carbocycles. The minimum atomic E-state index is 0. The van der Waals surface area contributed by atoms with Crippen molar-refractivity contribution < 1.29 is 4.79 Å². The Hall–Kier alpha value is -2.09. The van der Waals surface area contributed by atoms with Gasteiger partial charge in [0.1, 0.15) is 0 Å². The van der Waals surface area contributed by atoms with Crippen molar-refractivity contribution in [2.24, 2.45) is 4.99 Å². The zero-order valence-corrected chi connectivity index (χ0v) is 21.9. The first kappa shape index (κ1) is 26.2. The molecule has 32 heavy (non-hydrogen) atoms. The fourth-order valence-corrected chi connectivity index (χ4v) is 3.90. The van der Waals surface area contributed by atoms with Crippen molar-refractivity contribution >= 4 is 35.8 Å². The van der Waals surface area contributed by atoms with Crippen molar-refractivity contribution in [3.8, 4) is 0 Å². The molecule has 1 aliphatic rings. The molecule has 174 valence electrons. The van der Waals surface area contributed by atoms with Gasteiger partial charge in [-0.3, -0.25) is 9.79 Å². The van der Waals surface area contributed by atoms with E-state index in [1.54, 1.807) is 7.05 Å². The number of aryl methyl sites for hydroxylation is 1. The highest BCUT2D eigenvalue weighted by Gasteiger charge is 2.19. The molecule has 0 spiro atoms. The van der Waals surface area contributed by atoms with E-state index in [-0.39, 0.29) is 29.9 Å². The highest BCUT2D eigenvalue weighted by Crippen LogP contribution is 2.16. The van der Waals surface area contributed by atoms with Gasteiger partial charge in [0.2, 0.25) is 5.91 Å². The van der Waals surface area contributed by atoms with Gasteiger partial charge in [0.25, 0.3) is 0 Å². The molecule has 6 heteroatoms. The quantitative estimate of drug-likeness (QED) is 0.204. The van der Waals surface area contributed by atoms with Crippen LogP contribution in [0.25, 0.3) is 0 Å². The summed E-state index contributed by atoms with van der Waals surface area (Å²) in [5, 5.41) is 6.80. The van der Waals surface area contributed by atoms with Crippen LogP contribution in [0.2, 0.25) is 0 Å². The Morgan fingerprint density at radius 2 is 1.81 bits per heavy atom. The van der Waals surface area contributed by atoms with Gasteiger partial charge in [0.15, 0.2) is 5.96 Å². The average Bonchev–Trinajstić information content (AvgIpc) is 3.18. The number of benzene rings is 2. The van der Waals surface area contributed by atoms with Crippen LogP contribution in [0, 0.1) is 0 Å². The number of hydrogen-bond acceptors (Lipinski definition) is 2. The smallest absolute Gasteiger partial charge is 0.222 e. The average molecular weight is 549 g/mol. The minimum Gasteiger partial charge on any atom is -0.356 e. The third-order valence-electron chi connectivity index (χ3n) is 5.80. The van der Waals surface area contributed by atoms with Gasteiger partial charge in [-0.2, -0.15) is 0 Å². The molecule has 0 unspecified atom stereocenters. The summed E-state index contributed by atoms with van der Waals surface area (Å²) < 4.78 is 0. The maximum absolute atomic E-state index is 11.9. The van der Waals surface area contributed by atoms with Crippen molar-refractivity contribution in [2.45, 2.75) is 58.5 Å². The molecular formula is C26H37IN4O. The highest BCUT2D eigenvalue weighted by atomic mass is 127. The van der Waals surface area contributed by atoms with Crippen LogP contribution in [0.5, 0.6) is 0 Å². The van der Waals surface area contributed by atoms with Crippen LogP contribution in [-0.4, -0.2) is 36.9 Å². The molecule has 1 fully saturated rings. The summed E-state index contributed by atoms with van der Waals surface area (Å²) in [5.74, 6) is 1.66. The number of hydrogen-bond donors (Lipinski definition) is 2. The van der Waals surface area contributed by atoms with Gasteiger partial charge in [-0.15, -0.1) is 24.0 Å². The van der Waals surface area contributed by atoms with Gasteiger partial charge < -0.3 is 15.5 Å². The molecule has 5 nitrogen and oxygen atoms in total. The van der Waals surface area contributed by atoms with E-state index in [0.29, 0.717) is 25.4 Å². The van der Waals surface area contributed by atoms with E-state index in [1.807, 2.05) is 4.90 Å². The molecule has 1 saturated heterocycles. The fourth-order valence-electron chi connectivity index (χ4n) is 3.90. The molecular weight excluding hydrogens is 511 g/mol. The Labute approximate surface area is 210 Å². The summed E-state index contributed by atoms with van der Waals surface area (Å²) in [6, 6.07) is 17.4. The number of aliphatic imine (C=N–C) groups is 1. The Balaban J connectivity index is 0.00000363. The highest BCUT2D eigenvalue weighted by molar-refractivity contribution is 14.0. The number of rotatable bonds is 9. The number of guanidine groups is 1. The zero-order chi connectivity index (χ0) is 22.1. The Kier molecular flexibility index (Phi) is 11.0. The van der Waals surface area contributed by atoms with Gasteiger partial charge in [0, 0.05) is 39.6 Å². The second-order valence-corrected chi connectivity index (χ2v) is 8.59. The number of carbonyl (C=O) groups is 1. The maximum Gasteiger partial charge on any atom is 0.222 e. The molecule has 1 amide bonds. The molecule has 0 aromatic heterocycles. The van der Waals surface area contributed by atoms with Crippen LogP contribution in [0.15, 0.2) is 53.5 Å². The second-order valence-electron chi connectivity index (χ2n) is 8.59. The van der Waals surface area contributed by atoms with Crippen molar-refractivity contribution in [1.29, 1.82) is 0 Å². The van der Waals surface area contributed by atoms with Crippen LogP contribution in [-0.2, 0) is 24.3 Å². The van der Waals surface area contributed by atoms with Crippen molar-refractivity contribution in [1.82, 2.24) is 15.5 Å². The molecule has 1 aliphatic heterocycles. The third-order valence-corrected chi connectivity index (χ3v) is 5.80. The van der Waals surface area contributed by atoms with E-state index >= 15 is 0 Å². The van der Waals surface area contributed by atoms with Gasteiger partial charge in [0.05, 0.1) is 0 Å². The lowest BCUT2D eigenvalue weighted by Crippen LogP contribution is -2.37. The molecule has 0 atom stereocenters. The van der Waals surface area contributed by atoms with Crippen molar-refractivity contribution in [3.63, 3.8) is 0 Å². The first-order valence-electron chi connectivity index (χ1n) is 11.4. The standard InChI is InChI=1S/C26H36N4O.HI/c1-20(2)24-13-11-21(12-14-24)9-5-15-28-26(27-3)29-18-22-7-4-8-23(17-22)19-30-16-6-10-25(30)31;/h4,7-8,11-14,17,20H,5-6,9-10,15-16,18-19H2,1-3H3,(H2,27,28,29);1H. The van der Waals surface area contributed by atoms with Gasteiger partial charge in [-0.05, 0) is 47.4 Å². The third kappa shape index (κ3) is 8.11. The van der Waals surface area contributed by atoms with Crippen LogP contribution < -0.4 is 10.6 Å². The lowest BCUT2D eigenvalue weighted by molar-refractivity contribution is -0.128. The molecule has 2 aromatic carbocycles. The van der Waals surface area contributed by atoms with Crippen molar-refractivity contribution in [3.05, 3.63) is 70.8 Å². The van der Waals surface area contributed by atoms with Crippen molar-refractivity contribution in [2.75, 3.05) is 20.1 Å². The topological polar surface area (TPSA) is 56.7 Å². The van der Waals surface area contributed by atoms with E-state index in [9.17, 15) is 4.79 Å². The van der Waals surface area contributed by atoms with Gasteiger partial charge in [-0.25, -0.2) is 0 Å². The predicted molar refractivity (Wildman–Crippen MR) is 144 cm³/mol. The minimum absolute atomic E-state index is 0. The van der Waals surface area contributed by atoms with E-state index in [0.717, 1.165) is 38.3 Å². The lowest BCUT2D eigenvalue weighted by atomic mass is 10.0. The van der Waals surface area contributed by atoms with E-state index in [2.05, 4.69) is 78.0 Å². The number of amides is 1. The molecule has 2 N–H and O–H groups in total. The Bertz CT molecular complexity index is 880. The summed E-state index contributed by atoms with van der Waals surface area (Å²) >= 11 is 0. The van der Waals surface area contributed by atoms with E-state index < -0.39 is 0 Å². The monoisotopic (exact) mass is 548 g/mol. The SMILES string of the molecule is CN=C(NCCCc1ccc(C(C)C)cc1)NCc1cccc(CN2CCCC2=O)c1.I. The number of likely N-dealkylation sites (tertiary alicyclic amines) is 1. The fraction of sp³-hybridized carbons (Fsp3) is 0.462. The summed E-state index contributed by atoms with van der Waals surface area (Å²) in [6.45, 7) is 7.61. The summed E-state index contributed by atoms with van der Waals surface area (Å²) in [7, 11) is 1.80. The predicted octanol–water partition coefficient (Wildman–Crippen LogP) is 4.85. The number of halogens is 1. The summed E-state index contributed by atoms with van der Waals surface area (Å²) in [5.41, 5.74) is 5.14. The van der Waals surface area contributed by atoms with Crippen LogP contribution >= 0.6 is 24.0 Å². The number of carbonyl (C=O) groups excluding carboxylic acids is 1. The van der Waals surface area contributed by atoms with Gasteiger partial charge in [-0.1, -0.05) is 62.4 Å². The largest absolute Gasteiger partial charge is 0.356 e. The molecule has 3 rings (SSSR count). The van der Waals surface area contributed by atoms with Crippen LogP contribution in [0.1, 0.15) is 61.3 Å². The van der Waals surface area contributed by atoms with Gasteiger partial charge >= 0.3 is 0 Å². The number of nitrogens with zero attached hydrogens (tertiary/aromatic N) is 2. The van der Waals surface area contributed by atoms with Crippen LogP contribution in [0.3, 0.4) is 0 Å². The Morgan fingerprint density at radius 3 is 2.47 bits per heavy atom. The second kappa shape index (κ2) is 13.5. The first-order chi connectivity index (χ1) is 15.0. The molecule has 2 aromatic rings. The molecule has 0 radical (unpaired) electrons. The normalized spacial score (nSPS) is 13.9. The van der Waals surface area contributed by atoms with E-state index in [1.165, 1.54) is 22.3 Å². The lowest BCUT2D eigenvalue weighted by Gasteiger charge is -2.16. The summed E-state index contributed by atoms with van der Waals surface area (Å²) in [6.07, 6.45) is 3.78.